The SMILES string of the molecule is C=CCOc1c(I)cc(/C=C2/C(=O)NC(=S)N(c3ccccc3F)C2=O)cc1OC. The third kappa shape index (κ3) is 4.36. The highest BCUT2D eigenvalue weighted by molar-refractivity contribution is 14.1. The molecule has 0 atom stereocenters. The van der Waals surface area contributed by atoms with Crippen LogP contribution in [0.25, 0.3) is 6.08 Å². The van der Waals surface area contributed by atoms with E-state index in [9.17, 15) is 14.0 Å². The lowest BCUT2D eigenvalue weighted by Gasteiger charge is -2.29. The van der Waals surface area contributed by atoms with Crippen molar-refractivity contribution in [3.05, 3.63) is 69.6 Å². The van der Waals surface area contributed by atoms with E-state index in [2.05, 4.69) is 34.5 Å². The molecule has 0 unspecified atom stereocenters. The highest BCUT2D eigenvalue weighted by Crippen LogP contribution is 2.35. The van der Waals surface area contributed by atoms with E-state index in [4.69, 9.17) is 21.7 Å². The molecule has 0 aliphatic carbocycles. The van der Waals surface area contributed by atoms with Crippen molar-refractivity contribution in [2.24, 2.45) is 0 Å². The van der Waals surface area contributed by atoms with Crippen molar-refractivity contribution in [2.45, 2.75) is 0 Å². The summed E-state index contributed by atoms with van der Waals surface area (Å²) in [5.74, 6) is -1.08. The molecule has 2 aromatic rings. The van der Waals surface area contributed by atoms with Crippen LogP contribution in [0.15, 0.2) is 54.6 Å². The van der Waals surface area contributed by atoms with Crippen molar-refractivity contribution in [3.63, 3.8) is 0 Å². The topological polar surface area (TPSA) is 67.9 Å². The van der Waals surface area contributed by atoms with Crippen molar-refractivity contribution >= 4 is 63.5 Å². The average Bonchev–Trinajstić information content (AvgIpc) is 2.71. The monoisotopic (exact) mass is 538 g/mol. The summed E-state index contributed by atoms with van der Waals surface area (Å²) < 4.78 is 25.9. The molecule has 9 heteroatoms. The van der Waals surface area contributed by atoms with Crippen LogP contribution in [0.1, 0.15) is 5.56 Å². The molecule has 0 saturated carbocycles. The van der Waals surface area contributed by atoms with E-state index >= 15 is 0 Å². The molecule has 1 N–H and O–H groups in total. The summed E-state index contributed by atoms with van der Waals surface area (Å²) in [6.45, 7) is 3.91. The molecule has 30 heavy (non-hydrogen) atoms. The van der Waals surface area contributed by atoms with Gasteiger partial charge in [0.1, 0.15) is 18.0 Å². The molecule has 0 spiro atoms. The number of anilines is 1. The summed E-state index contributed by atoms with van der Waals surface area (Å²) in [6, 6.07) is 9.05. The standard InChI is InChI=1S/C21H16FIN2O4S/c1-3-8-29-18-15(23)10-12(11-17(18)28-2)9-13-19(26)24-21(30)25(20(13)27)16-7-5-4-6-14(16)22/h3-7,9-11H,1,8H2,2H3,(H,24,26,30)/b13-9-. The Labute approximate surface area is 191 Å². The first-order valence-corrected chi connectivity index (χ1v) is 10.1. The first kappa shape index (κ1) is 21.9. The number of carbonyl (C=O) groups excluding carboxylic acids is 2. The fourth-order valence-electron chi connectivity index (χ4n) is 2.78. The molecule has 1 fully saturated rings. The summed E-state index contributed by atoms with van der Waals surface area (Å²) in [6.07, 6.45) is 3.01. The van der Waals surface area contributed by atoms with Gasteiger partial charge < -0.3 is 9.47 Å². The number of hydrogen-bond donors (Lipinski definition) is 1. The number of amides is 2. The Morgan fingerprint density at radius 1 is 1.30 bits per heavy atom. The van der Waals surface area contributed by atoms with Crippen molar-refractivity contribution in [1.82, 2.24) is 5.32 Å². The maximum absolute atomic E-state index is 14.2. The molecule has 2 amide bonds. The summed E-state index contributed by atoms with van der Waals surface area (Å²) in [5, 5.41) is 2.24. The third-order valence-corrected chi connectivity index (χ3v) is 5.19. The van der Waals surface area contributed by atoms with E-state index in [0.717, 1.165) is 4.90 Å². The van der Waals surface area contributed by atoms with Gasteiger partial charge in [-0.3, -0.25) is 14.9 Å². The van der Waals surface area contributed by atoms with Crippen molar-refractivity contribution in [1.29, 1.82) is 0 Å². The second-order valence-corrected chi connectivity index (χ2v) is 7.59. The smallest absolute Gasteiger partial charge is 0.270 e. The molecule has 0 aromatic heterocycles. The number of carbonyl (C=O) groups is 2. The lowest BCUT2D eigenvalue weighted by molar-refractivity contribution is -0.122. The van der Waals surface area contributed by atoms with Crippen LogP contribution in [0.4, 0.5) is 10.1 Å². The van der Waals surface area contributed by atoms with Gasteiger partial charge in [0.05, 0.1) is 16.4 Å². The number of para-hydroxylation sites is 1. The van der Waals surface area contributed by atoms with Crippen molar-refractivity contribution in [2.75, 3.05) is 18.6 Å². The molecule has 0 bridgehead atoms. The maximum atomic E-state index is 14.2. The first-order chi connectivity index (χ1) is 14.4. The predicted octanol–water partition coefficient (Wildman–Crippen LogP) is 3.84. The number of halogens is 2. The number of benzene rings is 2. The van der Waals surface area contributed by atoms with Crippen LogP contribution in [0, 0.1) is 9.39 Å². The summed E-state index contributed by atoms with van der Waals surface area (Å²) in [7, 11) is 1.49. The molecule has 0 radical (unpaired) electrons. The minimum atomic E-state index is -0.727. The van der Waals surface area contributed by atoms with Crippen LogP contribution in [0.3, 0.4) is 0 Å². The van der Waals surface area contributed by atoms with Crippen LogP contribution < -0.4 is 19.7 Å². The Kier molecular flexibility index (Phi) is 6.83. The third-order valence-electron chi connectivity index (χ3n) is 4.10. The van der Waals surface area contributed by atoms with E-state index < -0.39 is 17.6 Å². The molecule has 154 valence electrons. The highest BCUT2D eigenvalue weighted by Gasteiger charge is 2.35. The first-order valence-electron chi connectivity index (χ1n) is 8.64. The minimum absolute atomic E-state index is 0.0428. The van der Waals surface area contributed by atoms with Gasteiger partial charge in [0.15, 0.2) is 16.6 Å². The molecule has 1 heterocycles. The zero-order valence-corrected chi connectivity index (χ0v) is 18.8. The van der Waals surface area contributed by atoms with Gasteiger partial charge in [-0.2, -0.15) is 0 Å². The Bertz CT molecular complexity index is 1090. The molecule has 6 nitrogen and oxygen atoms in total. The molecule has 1 aliphatic rings. The van der Waals surface area contributed by atoms with Gasteiger partial charge in [0.25, 0.3) is 11.8 Å². The molecular weight excluding hydrogens is 522 g/mol. The zero-order valence-electron chi connectivity index (χ0n) is 15.8. The van der Waals surface area contributed by atoms with E-state index in [-0.39, 0.29) is 16.4 Å². The lowest BCUT2D eigenvalue weighted by atomic mass is 10.1. The Balaban J connectivity index is 2.03. The van der Waals surface area contributed by atoms with E-state index in [1.165, 1.54) is 31.4 Å². The fraction of sp³-hybridized carbons (Fsp3) is 0.0952. The maximum Gasteiger partial charge on any atom is 0.270 e. The van der Waals surface area contributed by atoms with Crippen LogP contribution in [-0.2, 0) is 9.59 Å². The Hall–Kier alpha value is -2.79. The van der Waals surface area contributed by atoms with Crippen molar-refractivity contribution < 1.29 is 23.5 Å². The molecule has 1 saturated heterocycles. The Morgan fingerprint density at radius 2 is 2.03 bits per heavy atom. The summed E-state index contributed by atoms with van der Waals surface area (Å²) >= 11 is 7.16. The molecule has 3 rings (SSSR count). The second-order valence-electron chi connectivity index (χ2n) is 6.04. The van der Waals surface area contributed by atoms with Gasteiger partial charge in [-0.15, -0.1) is 0 Å². The average molecular weight is 538 g/mol. The van der Waals surface area contributed by atoms with Crippen molar-refractivity contribution in [3.8, 4) is 11.5 Å². The van der Waals surface area contributed by atoms with Gasteiger partial charge in [0.2, 0.25) is 0 Å². The lowest BCUT2D eigenvalue weighted by Crippen LogP contribution is -2.54. The normalized spacial score (nSPS) is 15.2. The van der Waals surface area contributed by atoms with Gasteiger partial charge in [-0.1, -0.05) is 24.8 Å². The molecule has 1 aliphatic heterocycles. The van der Waals surface area contributed by atoms with E-state index in [1.54, 1.807) is 24.3 Å². The van der Waals surface area contributed by atoms with Gasteiger partial charge in [-0.25, -0.2) is 9.29 Å². The van der Waals surface area contributed by atoms with Gasteiger partial charge >= 0.3 is 0 Å². The minimum Gasteiger partial charge on any atom is -0.493 e. The predicted molar refractivity (Wildman–Crippen MR) is 124 cm³/mol. The highest BCUT2D eigenvalue weighted by atomic mass is 127. The fourth-order valence-corrected chi connectivity index (χ4v) is 3.84. The van der Waals surface area contributed by atoms with Crippen LogP contribution in [-0.4, -0.2) is 30.6 Å². The largest absolute Gasteiger partial charge is 0.493 e. The molecular formula is C21H16FIN2O4S. The molecule has 2 aromatic carbocycles. The van der Waals surface area contributed by atoms with E-state index in [0.29, 0.717) is 27.2 Å². The number of nitrogens with one attached hydrogen (secondary N) is 1. The summed E-state index contributed by atoms with van der Waals surface area (Å²) in [5.41, 5.74) is 0.296. The second kappa shape index (κ2) is 9.35. The number of thiocarbonyl (C=S) groups is 1. The Morgan fingerprint density at radius 3 is 2.70 bits per heavy atom. The number of rotatable bonds is 6. The zero-order chi connectivity index (χ0) is 21.8. The quantitative estimate of drug-likeness (QED) is 0.199. The van der Waals surface area contributed by atoms with E-state index in [1.807, 2.05) is 0 Å². The number of methoxy groups -OCH3 is 1. The van der Waals surface area contributed by atoms with Crippen LogP contribution in [0.2, 0.25) is 0 Å². The van der Waals surface area contributed by atoms with Crippen LogP contribution >= 0.6 is 34.8 Å². The number of nitrogens with zero attached hydrogens (tertiary/aromatic N) is 1. The number of ether oxygens (including phenoxy) is 2. The van der Waals surface area contributed by atoms with Crippen LogP contribution in [0.5, 0.6) is 11.5 Å². The van der Waals surface area contributed by atoms with Gasteiger partial charge in [-0.05, 0) is 70.7 Å². The number of hydrogen-bond acceptors (Lipinski definition) is 5. The summed E-state index contributed by atoms with van der Waals surface area (Å²) in [4.78, 5) is 26.4. The van der Waals surface area contributed by atoms with Gasteiger partial charge in [0, 0.05) is 0 Å².